The minimum Gasteiger partial charge on any atom is -0.478 e. The predicted octanol–water partition coefficient (Wildman–Crippen LogP) is 6.91. The van der Waals surface area contributed by atoms with E-state index in [9.17, 15) is 9.90 Å². The molecule has 0 saturated heterocycles. The van der Waals surface area contributed by atoms with Gasteiger partial charge in [0.1, 0.15) is 0 Å². The Morgan fingerprint density at radius 3 is 2.38 bits per heavy atom. The number of carboxylic acid groups (broad SMARTS) is 1. The molecule has 0 amide bonds. The number of benzene rings is 2. The molecule has 0 unspecified atom stereocenters. The fraction of sp³-hybridized carbons (Fsp3) is 0.458. The molecular formula is C24H30O2. The molecule has 138 valence electrons. The predicted molar refractivity (Wildman–Crippen MR) is 108 cm³/mol. The molecule has 0 radical (unpaired) electrons. The Labute approximate surface area is 157 Å². The summed E-state index contributed by atoms with van der Waals surface area (Å²) >= 11 is 0. The van der Waals surface area contributed by atoms with Gasteiger partial charge in [0.25, 0.3) is 0 Å². The van der Waals surface area contributed by atoms with Crippen LogP contribution >= 0.6 is 0 Å². The zero-order valence-corrected chi connectivity index (χ0v) is 15.8. The maximum Gasteiger partial charge on any atom is 0.336 e. The van der Waals surface area contributed by atoms with Gasteiger partial charge in [0, 0.05) is 0 Å². The summed E-state index contributed by atoms with van der Waals surface area (Å²) in [7, 11) is 0. The molecule has 1 saturated carbocycles. The molecule has 1 aliphatic carbocycles. The first-order valence-corrected chi connectivity index (χ1v) is 10.1. The van der Waals surface area contributed by atoms with Crippen molar-refractivity contribution in [1.82, 2.24) is 0 Å². The summed E-state index contributed by atoms with van der Waals surface area (Å²) in [5.41, 5.74) is 3.42. The molecule has 2 heteroatoms. The monoisotopic (exact) mass is 350 g/mol. The van der Waals surface area contributed by atoms with Gasteiger partial charge in [-0.2, -0.15) is 0 Å². The van der Waals surface area contributed by atoms with Gasteiger partial charge in [0.2, 0.25) is 0 Å². The minimum absolute atomic E-state index is 0.429. The van der Waals surface area contributed by atoms with Gasteiger partial charge in [0.05, 0.1) is 5.56 Å². The van der Waals surface area contributed by atoms with Crippen molar-refractivity contribution in [2.24, 2.45) is 5.92 Å². The van der Waals surface area contributed by atoms with Crippen molar-refractivity contribution < 1.29 is 9.90 Å². The van der Waals surface area contributed by atoms with E-state index in [2.05, 4.69) is 13.0 Å². The lowest BCUT2D eigenvalue weighted by Crippen LogP contribution is -2.14. The second-order valence-corrected chi connectivity index (χ2v) is 7.69. The Kier molecular flexibility index (Phi) is 6.49. The van der Waals surface area contributed by atoms with Gasteiger partial charge in [-0.05, 0) is 60.3 Å². The van der Waals surface area contributed by atoms with Crippen molar-refractivity contribution in [2.75, 3.05) is 0 Å². The third-order valence-electron chi connectivity index (χ3n) is 5.89. The Morgan fingerprint density at radius 1 is 1.00 bits per heavy atom. The van der Waals surface area contributed by atoms with Crippen molar-refractivity contribution in [3.63, 3.8) is 0 Å². The molecule has 2 nitrogen and oxygen atoms in total. The smallest absolute Gasteiger partial charge is 0.336 e. The number of carbonyl (C=O) groups is 1. The highest BCUT2D eigenvalue weighted by Gasteiger charge is 2.23. The highest BCUT2D eigenvalue weighted by Crippen LogP contribution is 2.39. The molecule has 0 heterocycles. The van der Waals surface area contributed by atoms with Crippen LogP contribution in [-0.4, -0.2) is 11.1 Å². The number of aromatic carboxylic acids is 1. The first kappa shape index (κ1) is 18.7. The van der Waals surface area contributed by atoms with Crippen LogP contribution in [0.3, 0.4) is 0 Å². The number of hydrogen-bond acceptors (Lipinski definition) is 1. The van der Waals surface area contributed by atoms with Crippen LogP contribution in [0.5, 0.6) is 0 Å². The van der Waals surface area contributed by atoms with E-state index < -0.39 is 5.97 Å². The Hall–Kier alpha value is -2.09. The maximum absolute atomic E-state index is 11.8. The fourth-order valence-electron chi connectivity index (χ4n) is 4.33. The summed E-state index contributed by atoms with van der Waals surface area (Å²) in [6, 6.07) is 15.9. The summed E-state index contributed by atoms with van der Waals surface area (Å²) in [6.07, 6.45) is 10.3. The van der Waals surface area contributed by atoms with Crippen molar-refractivity contribution in [2.45, 2.75) is 64.2 Å². The molecule has 2 aromatic carbocycles. The van der Waals surface area contributed by atoms with E-state index in [0.29, 0.717) is 11.5 Å². The molecule has 26 heavy (non-hydrogen) atoms. The summed E-state index contributed by atoms with van der Waals surface area (Å²) in [6.45, 7) is 2.26. The van der Waals surface area contributed by atoms with Crippen LogP contribution < -0.4 is 0 Å². The molecule has 1 N–H and O–H groups in total. The van der Waals surface area contributed by atoms with E-state index in [1.807, 2.05) is 42.5 Å². The van der Waals surface area contributed by atoms with Gasteiger partial charge in [-0.3, -0.25) is 0 Å². The molecule has 2 aromatic rings. The Bertz CT molecular complexity index is 712. The van der Waals surface area contributed by atoms with Crippen molar-refractivity contribution >= 4 is 5.97 Å². The quantitative estimate of drug-likeness (QED) is 0.551. The lowest BCUT2D eigenvalue weighted by Gasteiger charge is -2.29. The summed E-state index contributed by atoms with van der Waals surface area (Å²) in [4.78, 5) is 11.8. The van der Waals surface area contributed by atoms with Gasteiger partial charge in [-0.25, -0.2) is 4.79 Å². The number of rotatable bonds is 7. The van der Waals surface area contributed by atoms with E-state index in [4.69, 9.17) is 0 Å². The molecule has 0 aliphatic heterocycles. The third kappa shape index (κ3) is 4.55. The minimum atomic E-state index is -0.834. The summed E-state index contributed by atoms with van der Waals surface area (Å²) in [5, 5.41) is 9.71. The van der Waals surface area contributed by atoms with Crippen molar-refractivity contribution in [3.8, 4) is 11.1 Å². The van der Waals surface area contributed by atoms with E-state index in [-0.39, 0.29) is 0 Å². The molecule has 1 fully saturated rings. The number of carboxylic acids is 1. The highest BCUT2D eigenvalue weighted by molar-refractivity contribution is 5.96. The van der Waals surface area contributed by atoms with Gasteiger partial charge in [-0.15, -0.1) is 0 Å². The highest BCUT2D eigenvalue weighted by atomic mass is 16.4. The molecule has 0 atom stereocenters. The zero-order valence-electron chi connectivity index (χ0n) is 15.8. The third-order valence-corrected chi connectivity index (χ3v) is 5.89. The first-order chi connectivity index (χ1) is 12.7. The topological polar surface area (TPSA) is 37.3 Å². The van der Waals surface area contributed by atoms with Crippen LogP contribution in [-0.2, 0) is 0 Å². The molecule has 0 bridgehead atoms. The van der Waals surface area contributed by atoms with Crippen LogP contribution in [0.15, 0.2) is 48.5 Å². The zero-order chi connectivity index (χ0) is 18.4. The van der Waals surface area contributed by atoms with E-state index in [0.717, 1.165) is 17.0 Å². The van der Waals surface area contributed by atoms with Crippen LogP contribution in [0.2, 0.25) is 0 Å². The van der Waals surface area contributed by atoms with E-state index in [1.54, 1.807) is 0 Å². The summed E-state index contributed by atoms with van der Waals surface area (Å²) < 4.78 is 0. The number of unbranched alkanes of at least 4 members (excludes halogenated alkanes) is 2. The molecule has 3 rings (SSSR count). The fourth-order valence-corrected chi connectivity index (χ4v) is 4.33. The maximum atomic E-state index is 11.8. The van der Waals surface area contributed by atoms with E-state index >= 15 is 0 Å². The van der Waals surface area contributed by atoms with Crippen LogP contribution in [0, 0.1) is 5.92 Å². The van der Waals surface area contributed by atoms with E-state index in [1.165, 1.54) is 56.9 Å². The average Bonchev–Trinajstić information content (AvgIpc) is 2.69. The van der Waals surface area contributed by atoms with Crippen LogP contribution in [0.1, 0.15) is 80.1 Å². The second-order valence-electron chi connectivity index (χ2n) is 7.69. The van der Waals surface area contributed by atoms with Gasteiger partial charge in [-0.1, -0.05) is 75.1 Å². The average molecular weight is 351 g/mol. The lowest BCUT2D eigenvalue weighted by molar-refractivity contribution is 0.0697. The Morgan fingerprint density at radius 2 is 1.73 bits per heavy atom. The lowest BCUT2D eigenvalue weighted by atomic mass is 9.76. The first-order valence-electron chi connectivity index (χ1n) is 10.1. The van der Waals surface area contributed by atoms with Crippen LogP contribution in [0.4, 0.5) is 0 Å². The second kappa shape index (κ2) is 9.02. The molecular weight excluding hydrogens is 320 g/mol. The molecule has 1 aliphatic rings. The van der Waals surface area contributed by atoms with Gasteiger partial charge >= 0.3 is 5.97 Å². The summed E-state index contributed by atoms with van der Waals surface area (Å²) in [5.74, 6) is 0.555. The SMILES string of the molecule is CCCCCC1CCC(c2ccc(-c3ccccc3)c(C(=O)O)c2)CC1. The standard InChI is InChI=1S/C24H30O2/c1-2-3-5-8-18-11-13-19(14-12-18)21-15-16-22(23(17-21)24(25)26)20-9-6-4-7-10-20/h4,6-7,9-10,15-19H,2-3,5,8,11-14H2,1H3,(H,25,26). The largest absolute Gasteiger partial charge is 0.478 e. The van der Waals surface area contributed by atoms with Crippen molar-refractivity contribution in [1.29, 1.82) is 0 Å². The molecule has 0 spiro atoms. The van der Waals surface area contributed by atoms with Gasteiger partial charge < -0.3 is 5.11 Å². The normalized spacial score (nSPS) is 20.0. The number of hydrogen-bond donors (Lipinski definition) is 1. The van der Waals surface area contributed by atoms with Gasteiger partial charge in [0.15, 0.2) is 0 Å². The molecule has 0 aromatic heterocycles. The Balaban J connectivity index is 1.72. The van der Waals surface area contributed by atoms with Crippen molar-refractivity contribution in [3.05, 3.63) is 59.7 Å². The van der Waals surface area contributed by atoms with Crippen LogP contribution in [0.25, 0.3) is 11.1 Å².